The van der Waals surface area contributed by atoms with Gasteiger partial charge in [0.2, 0.25) is 5.88 Å². The van der Waals surface area contributed by atoms with Crippen LogP contribution in [0.4, 0.5) is 0 Å². The fraction of sp³-hybridized carbons (Fsp3) is 0.615. The van der Waals surface area contributed by atoms with Gasteiger partial charge in [-0.15, -0.1) is 11.6 Å². The summed E-state index contributed by atoms with van der Waals surface area (Å²) in [7, 11) is 1.60. The Morgan fingerprint density at radius 3 is 2.63 bits per heavy atom. The third-order valence-corrected chi connectivity index (χ3v) is 3.52. The van der Waals surface area contributed by atoms with Gasteiger partial charge in [0.1, 0.15) is 12.2 Å². The molecule has 0 unspecified atom stereocenters. The Morgan fingerprint density at radius 2 is 2.05 bits per heavy atom. The van der Waals surface area contributed by atoms with Gasteiger partial charge >= 0.3 is 0 Å². The maximum Gasteiger partial charge on any atom is 0.245 e. The van der Waals surface area contributed by atoms with Crippen LogP contribution in [-0.4, -0.2) is 32.5 Å². The van der Waals surface area contributed by atoms with Gasteiger partial charge in [-0.2, -0.15) is 4.98 Å². The molecule has 0 aliphatic carbocycles. The monoisotopic (exact) mass is 282 g/mol. The minimum absolute atomic E-state index is 0.378. The van der Waals surface area contributed by atoms with Crippen LogP contribution in [0.15, 0.2) is 6.33 Å². The van der Waals surface area contributed by atoms with Gasteiger partial charge < -0.3 is 9.30 Å². The molecule has 0 bridgehead atoms. The maximum absolute atomic E-state index is 5.88. The van der Waals surface area contributed by atoms with Crippen molar-refractivity contribution in [3.63, 3.8) is 0 Å². The summed E-state index contributed by atoms with van der Waals surface area (Å²) in [5, 5.41) is 0. The fourth-order valence-corrected chi connectivity index (χ4v) is 2.55. The molecular weight excluding hydrogens is 264 g/mol. The van der Waals surface area contributed by atoms with E-state index in [9.17, 15) is 0 Å². The van der Waals surface area contributed by atoms with Crippen LogP contribution >= 0.6 is 11.6 Å². The average molecular weight is 283 g/mol. The molecule has 6 heteroatoms. The normalized spacial score (nSPS) is 11.4. The van der Waals surface area contributed by atoms with Gasteiger partial charge in [-0.05, 0) is 12.8 Å². The van der Waals surface area contributed by atoms with Gasteiger partial charge in [0.05, 0.1) is 7.11 Å². The molecule has 0 fully saturated rings. The van der Waals surface area contributed by atoms with Gasteiger partial charge in [-0.3, -0.25) is 0 Å². The first-order chi connectivity index (χ1) is 9.26. The summed E-state index contributed by atoms with van der Waals surface area (Å²) in [4.78, 5) is 13.1. The zero-order valence-corrected chi connectivity index (χ0v) is 12.3. The molecule has 0 aliphatic rings. The van der Waals surface area contributed by atoms with Gasteiger partial charge in [-0.25, -0.2) is 9.97 Å². The highest BCUT2D eigenvalue weighted by atomic mass is 35.5. The quantitative estimate of drug-likeness (QED) is 0.764. The molecule has 0 saturated carbocycles. The van der Waals surface area contributed by atoms with Crippen molar-refractivity contribution in [2.24, 2.45) is 0 Å². The molecule has 0 saturated heterocycles. The number of fused-ring (bicyclic) bond motifs is 1. The number of aromatic nitrogens is 4. The first-order valence-corrected chi connectivity index (χ1v) is 7.11. The van der Waals surface area contributed by atoms with E-state index in [0.717, 1.165) is 36.3 Å². The molecule has 0 N–H and O–H groups in total. The molecule has 0 amide bonds. The molecular formula is C13H19ClN4O. The highest BCUT2D eigenvalue weighted by molar-refractivity contribution is 6.17. The predicted molar refractivity (Wildman–Crippen MR) is 75.9 cm³/mol. The topological polar surface area (TPSA) is 52.8 Å². The smallest absolute Gasteiger partial charge is 0.245 e. The number of aryl methyl sites for hydroxylation is 1. The highest BCUT2D eigenvalue weighted by Crippen LogP contribution is 2.28. The number of nitrogens with zero attached hydrogens (tertiary/aromatic N) is 4. The Labute approximate surface area is 118 Å². The Bertz CT molecular complexity index is 551. The van der Waals surface area contributed by atoms with E-state index in [4.69, 9.17) is 16.3 Å². The van der Waals surface area contributed by atoms with Crippen molar-refractivity contribution in [1.82, 2.24) is 19.5 Å². The van der Waals surface area contributed by atoms with E-state index >= 15 is 0 Å². The number of hydrogen-bond acceptors (Lipinski definition) is 4. The number of rotatable bonds is 6. The van der Waals surface area contributed by atoms with Gasteiger partial charge in [0, 0.05) is 18.3 Å². The van der Waals surface area contributed by atoms with Crippen molar-refractivity contribution in [2.45, 2.75) is 39.2 Å². The van der Waals surface area contributed by atoms with E-state index in [1.54, 1.807) is 7.11 Å². The minimum Gasteiger partial charge on any atom is -0.479 e. The van der Waals surface area contributed by atoms with Crippen molar-refractivity contribution < 1.29 is 4.74 Å². The fourth-order valence-electron chi connectivity index (χ4n) is 2.38. The second kappa shape index (κ2) is 6.19. The van der Waals surface area contributed by atoms with Gasteiger partial charge in [-0.1, -0.05) is 13.8 Å². The minimum atomic E-state index is 0.378. The molecule has 104 valence electrons. The second-order valence-corrected chi connectivity index (χ2v) is 4.74. The van der Waals surface area contributed by atoms with Gasteiger partial charge in [0.25, 0.3) is 0 Å². The summed E-state index contributed by atoms with van der Waals surface area (Å²) in [5.74, 6) is 2.02. The van der Waals surface area contributed by atoms with E-state index in [1.807, 2.05) is 0 Å². The number of alkyl halides is 1. The molecule has 0 spiro atoms. The van der Waals surface area contributed by atoms with E-state index in [2.05, 4.69) is 33.4 Å². The molecule has 2 heterocycles. The van der Waals surface area contributed by atoms with Crippen LogP contribution in [0.5, 0.6) is 5.88 Å². The summed E-state index contributed by atoms with van der Waals surface area (Å²) in [6.45, 7) is 4.34. The van der Waals surface area contributed by atoms with Crippen molar-refractivity contribution in [3.8, 4) is 5.88 Å². The Hall–Kier alpha value is -1.36. The van der Waals surface area contributed by atoms with E-state index in [0.29, 0.717) is 17.8 Å². The summed E-state index contributed by atoms with van der Waals surface area (Å²) in [6, 6.07) is 0.378. The average Bonchev–Trinajstić information content (AvgIpc) is 2.79. The van der Waals surface area contributed by atoms with Crippen molar-refractivity contribution in [1.29, 1.82) is 0 Å². The highest BCUT2D eigenvalue weighted by Gasteiger charge is 2.20. The first-order valence-electron chi connectivity index (χ1n) is 6.58. The molecule has 0 radical (unpaired) electrons. The molecule has 0 atom stereocenters. The molecule has 0 aliphatic heterocycles. The Morgan fingerprint density at radius 1 is 1.32 bits per heavy atom. The summed E-state index contributed by atoms with van der Waals surface area (Å²) < 4.78 is 7.44. The van der Waals surface area contributed by atoms with E-state index in [-0.39, 0.29) is 0 Å². The largest absolute Gasteiger partial charge is 0.479 e. The van der Waals surface area contributed by atoms with Crippen LogP contribution in [0.2, 0.25) is 0 Å². The lowest BCUT2D eigenvalue weighted by Crippen LogP contribution is -2.12. The third-order valence-electron chi connectivity index (χ3n) is 3.34. The first kappa shape index (κ1) is 14.1. The zero-order chi connectivity index (χ0) is 13.8. The van der Waals surface area contributed by atoms with Crippen LogP contribution in [0, 0.1) is 0 Å². The van der Waals surface area contributed by atoms with Gasteiger partial charge in [0.15, 0.2) is 11.2 Å². The van der Waals surface area contributed by atoms with Crippen molar-refractivity contribution in [2.75, 3.05) is 13.0 Å². The van der Waals surface area contributed by atoms with E-state index < -0.39 is 0 Å². The second-order valence-electron chi connectivity index (χ2n) is 4.36. The lowest BCUT2D eigenvalue weighted by molar-refractivity contribution is 0.401. The zero-order valence-electron chi connectivity index (χ0n) is 11.6. The summed E-state index contributed by atoms with van der Waals surface area (Å²) >= 11 is 5.88. The Kier molecular flexibility index (Phi) is 4.58. The summed E-state index contributed by atoms with van der Waals surface area (Å²) in [6.07, 6.45) is 4.30. The Balaban J connectivity index is 2.66. The van der Waals surface area contributed by atoms with Crippen LogP contribution in [-0.2, 0) is 6.42 Å². The molecule has 2 aromatic heterocycles. The number of ether oxygens (including phenoxy) is 1. The van der Waals surface area contributed by atoms with Crippen LogP contribution in [0.25, 0.3) is 11.2 Å². The van der Waals surface area contributed by atoms with Crippen molar-refractivity contribution in [3.05, 3.63) is 12.2 Å². The standard InChI is InChI=1S/C13H19ClN4O/c1-4-9(5-2)18-10(6-7-14)17-11-12(18)15-8-16-13(11)19-3/h8-9H,4-7H2,1-3H3. The maximum atomic E-state index is 5.88. The molecule has 19 heavy (non-hydrogen) atoms. The molecule has 0 aromatic carbocycles. The van der Waals surface area contributed by atoms with Crippen molar-refractivity contribution >= 4 is 22.8 Å². The van der Waals surface area contributed by atoms with Crippen LogP contribution in [0.1, 0.15) is 38.6 Å². The summed E-state index contributed by atoms with van der Waals surface area (Å²) in [5.41, 5.74) is 1.55. The third kappa shape index (κ3) is 2.52. The number of methoxy groups -OCH3 is 1. The number of hydrogen-bond donors (Lipinski definition) is 0. The molecule has 2 rings (SSSR count). The molecule has 2 aromatic rings. The predicted octanol–water partition coefficient (Wildman–Crippen LogP) is 2.98. The SMILES string of the molecule is CCC(CC)n1c(CCCl)nc2c(OC)ncnc21. The van der Waals surface area contributed by atoms with Crippen LogP contribution in [0.3, 0.4) is 0 Å². The lowest BCUT2D eigenvalue weighted by atomic mass is 10.1. The van der Waals surface area contributed by atoms with Crippen LogP contribution < -0.4 is 4.74 Å². The molecule has 5 nitrogen and oxygen atoms in total. The number of halogens is 1. The van der Waals surface area contributed by atoms with E-state index in [1.165, 1.54) is 6.33 Å². The number of imidazole rings is 1. The lowest BCUT2D eigenvalue weighted by Gasteiger charge is -2.17.